The maximum atomic E-state index is 13.2. The molecule has 0 fully saturated rings. The molecule has 0 unspecified atom stereocenters. The first-order chi connectivity index (χ1) is 17.7. The first kappa shape index (κ1) is 26.3. The van der Waals surface area contributed by atoms with Crippen molar-refractivity contribution >= 4 is 33.5 Å². The van der Waals surface area contributed by atoms with Crippen LogP contribution in [0.1, 0.15) is 11.1 Å². The molecule has 4 rings (SSSR count). The van der Waals surface area contributed by atoms with E-state index < -0.39 is 22.5 Å². The van der Waals surface area contributed by atoms with Crippen molar-refractivity contribution in [2.45, 2.75) is 18.7 Å². The van der Waals surface area contributed by atoms with Gasteiger partial charge in [0.25, 0.3) is 0 Å². The minimum absolute atomic E-state index is 0.0364. The van der Waals surface area contributed by atoms with E-state index in [2.05, 4.69) is 16.9 Å². The van der Waals surface area contributed by atoms with Crippen LogP contribution >= 0.6 is 11.6 Å². The van der Waals surface area contributed by atoms with E-state index >= 15 is 0 Å². The molecule has 0 spiro atoms. The van der Waals surface area contributed by atoms with Crippen LogP contribution < -0.4 is 5.32 Å². The molecule has 1 heterocycles. The first-order valence-corrected chi connectivity index (χ1v) is 13.4. The molecule has 0 aliphatic rings. The number of nitrogens with zero attached hydrogens (tertiary/aromatic N) is 3. The highest BCUT2D eigenvalue weighted by atomic mass is 35.5. The molecule has 1 aromatic heterocycles. The maximum Gasteiger partial charge on any atom is 0.243 e. The van der Waals surface area contributed by atoms with Gasteiger partial charge < -0.3 is 0 Å². The van der Waals surface area contributed by atoms with E-state index in [1.165, 1.54) is 30.3 Å². The van der Waals surface area contributed by atoms with E-state index in [0.717, 1.165) is 26.7 Å². The van der Waals surface area contributed by atoms with Crippen molar-refractivity contribution < 1.29 is 13.2 Å². The number of hydrogen-bond acceptors (Lipinski definition) is 4. The van der Waals surface area contributed by atoms with Gasteiger partial charge in [0, 0.05) is 29.0 Å². The van der Waals surface area contributed by atoms with Crippen molar-refractivity contribution in [2.24, 2.45) is 0 Å². The first-order valence-electron chi connectivity index (χ1n) is 11.6. The summed E-state index contributed by atoms with van der Waals surface area (Å²) in [6, 6.07) is 21.5. The second-order valence-electron chi connectivity index (χ2n) is 8.61. The molecule has 1 N–H and O–H groups in total. The predicted octanol–water partition coefficient (Wildman–Crippen LogP) is 5.62. The normalized spacial score (nSPS) is 11.5. The van der Waals surface area contributed by atoms with Crippen LogP contribution in [0, 0.1) is 13.8 Å². The molecule has 1 amide bonds. The van der Waals surface area contributed by atoms with E-state index in [1.54, 1.807) is 4.57 Å². The van der Waals surface area contributed by atoms with Crippen LogP contribution in [0.4, 0.5) is 5.95 Å². The number of hydrogen-bond donors (Lipinski definition) is 1. The average Bonchev–Trinajstić information content (AvgIpc) is 3.28. The Balaban J connectivity index is 1.64. The topological polar surface area (TPSA) is 84.3 Å². The van der Waals surface area contributed by atoms with Crippen molar-refractivity contribution in [3.8, 4) is 16.9 Å². The zero-order chi connectivity index (χ0) is 26.6. The van der Waals surface area contributed by atoms with E-state index in [1.807, 2.05) is 68.6 Å². The summed E-state index contributed by atoms with van der Waals surface area (Å²) >= 11 is 5.91. The highest BCUT2D eigenvalue weighted by molar-refractivity contribution is 7.89. The Morgan fingerprint density at radius 3 is 2.19 bits per heavy atom. The Bertz CT molecular complexity index is 1510. The number of carbonyl (C=O) groups excluding carboxylic acids is 1. The molecule has 0 atom stereocenters. The third kappa shape index (κ3) is 6.17. The van der Waals surface area contributed by atoms with Crippen LogP contribution in [0.25, 0.3) is 16.9 Å². The summed E-state index contributed by atoms with van der Waals surface area (Å²) in [6.45, 7) is 7.18. The van der Waals surface area contributed by atoms with Crippen molar-refractivity contribution in [1.82, 2.24) is 13.9 Å². The molecular formula is C28H27ClN4O3S. The minimum atomic E-state index is -3.96. The lowest BCUT2D eigenvalue weighted by atomic mass is 10.1. The van der Waals surface area contributed by atoms with Gasteiger partial charge in [-0.2, -0.15) is 4.31 Å². The Morgan fingerprint density at radius 1 is 1.00 bits per heavy atom. The molecule has 0 aliphatic carbocycles. The smallest absolute Gasteiger partial charge is 0.243 e. The molecule has 4 aromatic rings. The molecule has 190 valence electrons. The lowest BCUT2D eigenvalue weighted by Gasteiger charge is -2.20. The highest BCUT2D eigenvalue weighted by Crippen LogP contribution is 2.25. The molecule has 3 aromatic carbocycles. The second kappa shape index (κ2) is 11.1. The SMILES string of the molecule is C=CCN(CC(=O)Nc1nc(-c2ccc(C)cc2)cn1-c1ccc(C)cc1)S(=O)(=O)c1ccc(Cl)cc1. The summed E-state index contributed by atoms with van der Waals surface area (Å²) in [5.74, 6) is -0.249. The summed E-state index contributed by atoms with van der Waals surface area (Å²) in [6.07, 6.45) is 3.28. The molecule has 0 radical (unpaired) electrons. The van der Waals surface area contributed by atoms with Crippen LogP contribution in [-0.4, -0.2) is 41.3 Å². The van der Waals surface area contributed by atoms with Gasteiger partial charge in [-0.15, -0.1) is 6.58 Å². The van der Waals surface area contributed by atoms with Crippen LogP contribution in [-0.2, 0) is 14.8 Å². The lowest BCUT2D eigenvalue weighted by molar-refractivity contribution is -0.116. The Morgan fingerprint density at radius 2 is 1.59 bits per heavy atom. The number of rotatable bonds is 9. The van der Waals surface area contributed by atoms with Crippen molar-refractivity contribution in [1.29, 1.82) is 0 Å². The van der Waals surface area contributed by atoms with Gasteiger partial charge in [0.05, 0.1) is 17.1 Å². The standard InChI is InChI=1S/C28H27ClN4O3S/c1-4-17-32(37(35,36)25-15-11-23(29)12-16-25)19-27(34)31-28-30-26(22-9-5-20(2)6-10-22)18-33(28)24-13-7-21(3)8-14-24/h4-16,18H,1,17,19H2,2-3H3,(H,30,31,34). The van der Waals surface area contributed by atoms with Gasteiger partial charge in [-0.3, -0.25) is 14.7 Å². The minimum Gasteiger partial charge on any atom is -0.294 e. The van der Waals surface area contributed by atoms with Crippen LogP contribution in [0.2, 0.25) is 5.02 Å². The average molecular weight is 535 g/mol. The maximum absolute atomic E-state index is 13.2. The molecule has 0 saturated heterocycles. The third-order valence-electron chi connectivity index (χ3n) is 5.72. The largest absolute Gasteiger partial charge is 0.294 e. The molecule has 9 heteroatoms. The van der Waals surface area contributed by atoms with E-state index in [4.69, 9.17) is 11.6 Å². The van der Waals surface area contributed by atoms with Crippen LogP contribution in [0.3, 0.4) is 0 Å². The molecule has 0 saturated carbocycles. The predicted molar refractivity (Wildman–Crippen MR) is 148 cm³/mol. The monoisotopic (exact) mass is 534 g/mol. The van der Waals surface area contributed by atoms with E-state index in [-0.39, 0.29) is 17.4 Å². The fourth-order valence-electron chi connectivity index (χ4n) is 3.71. The van der Waals surface area contributed by atoms with Gasteiger partial charge in [-0.1, -0.05) is 65.2 Å². The van der Waals surface area contributed by atoms with Crippen LogP contribution in [0.15, 0.2) is 96.5 Å². The Hall–Kier alpha value is -3.72. The fraction of sp³-hybridized carbons (Fsp3) is 0.143. The summed E-state index contributed by atoms with van der Waals surface area (Å²) in [5, 5.41) is 3.21. The van der Waals surface area contributed by atoms with Crippen molar-refractivity contribution in [3.63, 3.8) is 0 Å². The summed E-state index contributed by atoms with van der Waals surface area (Å²) in [4.78, 5) is 17.8. The van der Waals surface area contributed by atoms with Crippen molar-refractivity contribution in [2.75, 3.05) is 18.4 Å². The lowest BCUT2D eigenvalue weighted by Crippen LogP contribution is -2.38. The van der Waals surface area contributed by atoms with Crippen molar-refractivity contribution in [3.05, 3.63) is 108 Å². The van der Waals surface area contributed by atoms with E-state index in [0.29, 0.717) is 10.7 Å². The zero-order valence-electron chi connectivity index (χ0n) is 20.6. The van der Waals surface area contributed by atoms with E-state index in [9.17, 15) is 13.2 Å². The molecule has 7 nitrogen and oxygen atoms in total. The number of halogens is 1. The van der Waals surface area contributed by atoms with Gasteiger partial charge in [0.15, 0.2) is 0 Å². The Labute approximate surface area is 222 Å². The number of imidazole rings is 1. The molecular weight excluding hydrogens is 508 g/mol. The number of anilines is 1. The summed E-state index contributed by atoms with van der Waals surface area (Å²) < 4.78 is 29.2. The van der Waals surface area contributed by atoms with Crippen LogP contribution in [0.5, 0.6) is 0 Å². The Kier molecular flexibility index (Phi) is 7.92. The van der Waals surface area contributed by atoms with Gasteiger partial charge in [-0.25, -0.2) is 13.4 Å². The molecule has 37 heavy (non-hydrogen) atoms. The fourth-order valence-corrected chi connectivity index (χ4v) is 5.20. The molecule has 0 aliphatic heterocycles. The summed E-state index contributed by atoms with van der Waals surface area (Å²) in [7, 11) is -3.96. The number of benzene rings is 3. The van der Waals surface area contributed by atoms with Gasteiger partial charge in [0.1, 0.15) is 0 Å². The number of carbonyl (C=O) groups is 1. The summed E-state index contributed by atoms with van der Waals surface area (Å²) in [5.41, 5.74) is 4.60. The van der Waals surface area contributed by atoms with Gasteiger partial charge in [0.2, 0.25) is 21.9 Å². The number of aromatic nitrogens is 2. The molecule has 0 bridgehead atoms. The third-order valence-corrected chi connectivity index (χ3v) is 7.80. The quantitative estimate of drug-likeness (QED) is 0.282. The van der Waals surface area contributed by atoms with Gasteiger partial charge >= 0.3 is 0 Å². The number of sulfonamides is 1. The van der Waals surface area contributed by atoms with Gasteiger partial charge in [-0.05, 0) is 50.2 Å². The number of amides is 1. The second-order valence-corrected chi connectivity index (χ2v) is 11.0. The number of aryl methyl sites for hydroxylation is 2. The highest BCUT2D eigenvalue weighted by Gasteiger charge is 2.26. The zero-order valence-corrected chi connectivity index (χ0v) is 22.1. The number of nitrogens with one attached hydrogen (secondary N) is 1.